The summed E-state index contributed by atoms with van der Waals surface area (Å²) in [5, 5.41) is 13.5. The summed E-state index contributed by atoms with van der Waals surface area (Å²) in [6.45, 7) is 0. The van der Waals surface area contributed by atoms with Gasteiger partial charge in [0.2, 0.25) is 16.9 Å². The molecule has 2 amide bonds. The number of nitrogens with one attached hydrogen (secondary N) is 3. The van der Waals surface area contributed by atoms with Crippen molar-refractivity contribution in [3.05, 3.63) is 29.8 Å². The van der Waals surface area contributed by atoms with Crippen LogP contribution in [-0.2, 0) is 19.6 Å². The molecule has 2 aliphatic rings. The molecule has 0 spiro atoms. The van der Waals surface area contributed by atoms with Crippen molar-refractivity contribution in [2.24, 2.45) is 11.8 Å². The van der Waals surface area contributed by atoms with Crippen molar-refractivity contribution in [2.45, 2.75) is 68.7 Å². The first-order valence-electron chi connectivity index (χ1n) is 11.4. The molecule has 1 aromatic carbocycles. The summed E-state index contributed by atoms with van der Waals surface area (Å²) in [5.74, 6) is 0.489. The van der Waals surface area contributed by atoms with E-state index in [0.29, 0.717) is 18.0 Å². The van der Waals surface area contributed by atoms with Crippen molar-refractivity contribution < 1.29 is 18.0 Å². The van der Waals surface area contributed by atoms with Crippen LogP contribution in [0.2, 0.25) is 0 Å². The highest BCUT2D eigenvalue weighted by atomic mass is 32.2. The van der Waals surface area contributed by atoms with Gasteiger partial charge in [0.15, 0.2) is 0 Å². The second-order valence-corrected chi connectivity index (χ2v) is 11.3. The monoisotopic (exact) mass is 491 g/mol. The number of hydrogen-bond donors (Lipinski definition) is 3. The third kappa shape index (κ3) is 6.50. The van der Waals surface area contributed by atoms with Crippen molar-refractivity contribution in [2.75, 3.05) is 10.0 Å². The SMILES string of the molecule is O=C(CC1CCCC1)NC1CCC(C(=O)Nc2ccc(S(=O)(=O)Nc3nncs3)cc2)CC1. The first kappa shape index (κ1) is 23.6. The molecule has 2 aromatic rings. The van der Waals surface area contributed by atoms with Crippen LogP contribution < -0.4 is 15.4 Å². The van der Waals surface area contributed by atoms with Crippen LogP contribution in [0, 0.1) is 11.8 Å². The van der Waals surface area contributed by atoms with E-state index >= 15 is 0 Å². The lowest BCUT2D eigenvalue weighted by Crippen LogP contribution is -2.40. The summed E-state index contributed by atoms with van der Waals surface area (Å²) < 4.78 is 27.2. The number of aromatic nitrogens is 2. The first-order valence-corrected chi connectivity index (χ1v) is 13.7. The second-order valence-electron chi connectivity index (χ2n) is 8.83. The van der Waals surface area contributed by atoms with Crippen molar-refractivity contribution in [1.82, 2.24) is 15.5 Å². The van der Waals surface area contributed by atoms with E-state index in [1.807, 2.05) is 0 Å². The molecule has 0 radical (unpaired) electrons. The summed E-state index contributed by atoms with van der Waals surface area (Å²) in [5.41, 5.74) is 1.98. The first-order chi connectivity index (χ1) is 15.9. The normalized spacial score (nSPS) is 21.5. The average Bonchev–Trinajstić information content (AvgIpc) is 3.49. The number of anilines is 2. The molecule has 9 nitrogen and oxygen atoms in total. The Morgan fingerprint density at radius 1 is 1.00 bits per heavy atom. The number of amides is 2. The fraction of sp³-hybridized carbons (Fsp3) is 0.545. The van der Waals surface area contributed by atoms with Crippen LogP contribution in [0.1, 0.15) is 57.8 Å². The predicted molar refractivity (Wildman–Crippen MR) is 126 cm³/mol. The maximum Gasteiger partial charge on any atom is 0.263 e. The molecule has 2 saturated carbocycles. The van der Waals surface area contributed by atoms with Gasteiger partial charge in [0.25, 0.3) is 10.0 Å². The van der Waals surface area contributed by atoms with E-state index in [1.165, 1.54) is 30.5 Å². The van der Waals surface area contributed by atoms with Gasteiger partial charge in [0, 0.05) is 24.1 Å². The number of carbonyl (C=O) groups is 2. The van der Waals surface area contributed by atoms with Crippen LogP contribution in [0.3, 0.4) is 0 Å². The number of carbonyl (C=O) groups excluding carboxylic acids is 2. The van der Waals surface area contributed by atoms with Crippen LogP contribution in [0.25, 0.3) is 0 Å². The quantitative estimate of drug-likeness (QED) is 0.518. The van der Waals surface area contributed by atoms with E-state index in [4.69, 9.17) is 0 Å². The maximum absolute atomic E-state index is 12.7. The highest BCUT2D eigenvalue weighted by Gasteiger charge is 2.28. The van der Waals surface area contributed by atoms with Gasteiger partial charge in [-0.3, -0.25) is 14.3 Å². The minimum atomic E-state index is -3.76. The Morgan fingerprint density at radius 3 is 2.33 bits per heavy atom. The lowest BCUT2D eigenvalue weighted by molar-refractivity contribution is -0.123. The molecule has 0 saturated heterocycles. The number of sulfonamides is 1. The van der Waals surface area contributed by atoms with Gasteiger partial charge in [-0.1, -0.05) is 24.2 Å². The van der Waals surface area contributed by atoms with Crippen molar-refractivity contribution >= 4 is 44.0 Å². The van der Waals surface area contributed by atoms with Gasteiger partial charge in [0.05, 0.1) is 4.90 Å². The van der Waals surface area contributed by atoms with E-state index in [1.54, 1.807) is 12.1 Å². The zero-order chi connectivity index (χ0) is 23.3. The molecular formula is C22H29N5O4S2. The Kier molecular flexibility index (Phi) is 7.59. The topological polar surface area (TPSA) is 130 Å². The summed E-state index contributed by atoms with van der Waals surface area (Å²) in [6.07, 6.45) is 8.45. The van der Waals surface area contributed by atoms with Crippen LogP contribution >= 0.6 is 11.3 Å². The van der Waals surface area contributed by atoms with Gasteiger partial charge in [-0.05, 0) is 68.7 Å². The van der Waals surface area contributed by atoms with Gasteiger partial charge < -0.3 is 10.6 Å². The molecule has 178 valence electrons. The number of nitrogens with zero attached hydrogens (tertiary/aromatic N) is 2. The molecule has 33 heavy (non-hydrogen) atoms. The molecule has 1 aromatic heterocycles. The Hall–Kier alpha value is -2.53. The van der Waals surface area contributed by atoms with Crippen molar-refractivity contribution in [3.63, 3.8) is 0 Å². The van der Waals surface area contributed by atoms with E-state index in [9.17, 15) is 18.0 Å². The van der Waals surface area contributed by atoms with Crippen LogP contribution in [0.15, 0.2) is 34.7 Å². The molecule has 11 heteroatoms. The van der Waals surface area contributed by atoms with Crippen LogP contribution in [0.5, 0.6) is 0 Å². The molecule has 2 fully saturated rings. The van der Waals surface area contributed by atoms with Gasteiger partial charge in [0.1, 0.15) is 5.51 Å². The predicted octanol–water partition coefficient (Wildman–Crippen LogP) is 3.53. The van der Waals surface area contributed by atoms with Gasteiger partial charge in [-0.15, -0.1) is 10.2 Å². The maximum atomic E-state index is 12.7. The fourth-order valence-electron chi connectivity index (χ4n) is 4.62. The molecule has 0 unspecified atom stereocenters. The van der Waals surface area contributed by atoms with Crippen LogP contribution in [0.4, 0.5) is 10.8 Å². The number of rotatable bonds is 8. The van der Waals surface area contributed by atoms with Gasteiger partial charge >= 0.3 is 0 Å². The fourth-order valence-corrected chi connectivity index (χ4v) is 6.31. The Morgan fingerprint density at radius 2 is 1.70 bits per heavy atom. The highest BCUT2D eigenvalue weighted by Crippen LogP contribution is 2.29. The minimum absolute atomic E-state index is 0.0737. The summed E-state index contributed by atoms with van der Waals surface area (Å²) >= 11 is 1.09. The van der Waals surface area contributed by atoms with Gasteiger partial charge in [-0.25, -0.2) is 8.42 Å². The molecule has 1 heterocycles. The average molecular weight is 492 g/mol. The zero-order valence-electron chi connectivity index (χ0n) is 18.3. The van der Waals surface area contributed by atoms with Gasteiger partial charge in [-0.2, -0.15) is 0 Å². The van der Waals surface area contributed by atoms with Crippen molar-refractivity contribution in [3.8, 4) is 0 Å². The standard InChI is InChI=1S/C22H29N5O4S2/c28-20(13-15-3-1-2-4-15)24-17-7-5-16(6-8-17)21(29)25-18-9-11-19(12-10-18)33(30,31)27-22-26-23-14-32-22/h9-12,14-17H,1-8,13H2,(H,24,28)(H,25,29)(H,26,27). The third-order valence-electron chi connectivity index (χ3n) is 6.43. The molecule has 0 bridgehead atoms. The van der Waals surface area contributed by atoms with Crippen LogP contribution in [-0.4, -0.2) is 36.5 Å². The Bertz CT molecular complexity index is 1040. The lowest BCUT2D eigenvalue weighted by Gasteiger charge is -2.28. The molecule has 0 aliphatic heterocycles. The summed E-state index contributed by atoms with van der Waals surface area (Å²) in [7, 11) is -3.76. The minimum Gasteiger partial charge on any atom is -0.353 e. The second kappa shape index (κ2) is 10.6. The number of benzene rings is 1. The van der Waals surface area contributed by atoms with E-state index in [2.05, 4.69) is 25.6 Å². The van der Waals surface area contributed by atoms with E-state index in [-0.39, 0.29) is 33.8 Å². The summed E-state index contributed by atoms with van der Waals surface area (Å²) in [4.78, 5) is 25.0. The zero-order valence-corrected chi connectivity index (χ0v) is 20.0. The molecule has 4 rings (SSSR count). The molecule has 2 aliphatic carbocycles. The molecular weight excluding hydrogens is 462 g/mol. The highest BCUT2D eigenvalue weighted by molar-refractivity contribution is 7.93. The van der Waals surface area contributed by atoms with E-state index in [0.717, 1.165) is 49.9 Å². The van der Waals surface area contributed by atoms with Crippen molar-refractivity contribution in [1.29, 1.82) is 0 Å². The smallest absolute Gasteiger partial charge is 0.263 e. The summed E-state index contributed by atoms with van der Waals surface area (Å²) in [6, 6.07) is 6.17. The Balaban J connectivity index is 1.23. The molecule has 0 atom stereocenters. The third-order valence-corrected chi connectivity index (χ3v) is 8.52. The number of hydrogen-bond acceptors (Lipinski definition) is 7. The molecule has 3 N–H and O–H groups in total. The van der Waals surface area contributed by atoms with E-state index < -0.39 is 10.0 Å². The lowest BCUT2D eigenvalue weighted by atomic mass is 9.85. The Labute approximate surface area is 197 Å². The largest absolute Gasteiger partial charge is 0.353 e.